The van der Waals surface area contributed by atoms with E-state index in [1.54, 1.807) is 25.4 Å². The van der Waals surface area contributed by atoms with Crippen LogP contribution in [0.3, 0.4) is 0 Å². The highest BCUT2D eigenvalue weighted by atomic mass is 32.1. The summed E-state index contributed by atoms with van der Waals surface area (Å²) in [4.78, 5) is 45.8. The van der Waals surface area contributed by atoms with Crippen molar-refractivity contribution in [2.75, 3.05) is 5.32 Å². The van der Waals surface area contributed by atoms with E-state index in [4.69, 9.17) is 0 Å². The van der Waals surface area contributed by atoms with Crippen molar-refractivity contribution in [2.45, 2.75) is 6.54 Å². The Kier molecular flexibility index (Phi) is 4.40. The monoisotopic (exact) mass is 396 g/mol. The molecule has 0 saturated carbocycles. The molecule has 0 atom stereocenters. The molecular formula is C18H16N6O3S. The van der Waals surface area contributed by atoms with Gasteiger partial charge in [0.15, 0.2) is 11.2 Å². The van der Waals surface area contributed by atoms with E-state index in [1.807, 2.05) is 17.5 Å². The van der Waals surface area contributed by atoms with Crippen molar-refractivity contribution in [2.24, 2.45) is 14.1 Å². The topological polar surface area (TPSA) is 104 Å². The first-order valence-electron chi connectivity index (χ1n) is 8.36. The van der Waals surface area contributed by atoms with E-state index in [-0.39, 0.29) is 17.7 Å². The third kappa shape index (κ3) is 3.03. The molecule has 0 aliphatic rings. The Morgan fingerprint density at radius 3 is 2.57 bits per heavy atom. The third-order valence-corrected chi connectivity index (χ3v) is 5.17. The number of anilines is 1. The van der Waals surface area contributed by atoms with E-state index in [9.17, 15) is 14.4 Å². The van der Waals surface area contributed by atoms with E-state index in [0.29, 0.717) is 5.69 Å². The first-order valence-corrected chi connectivity index (χ1v) is 9.24. The van der Waals surface area contributed by atoms with Crippen LogP contribution in [0.25, 0.3) is 21.7 Å². The van der Waals surface area contributed by atoms with Crippen LogP contribution in [-0.4, -0.2) is 29.6 Å². The molecule has 3 heterocycles. The lowest BCUT2D eigenvalue weighted by molar-refractivity contribution is -0.116. The Hall–Kier alpha value is -3.53. The predicted octanol–water partition coefficient (Wildman–Crippen LogP) is 1.20. The van der Waals surface area contributed by atoms with Gasteiger partial charge in [-0.25, -0.2) is 19.3 Å². The van der Waals surface area contributed by atoms with E-state index < -0.39 is 17.2 Å². The average Bonchev–Trinajstić information content (AvgIpc) is 3.34. The number of nitrogens with one attached hydrogen (secondary N) is 1. The number of amides is 1. The molecule has 0 aliphatic heterocycles. The van der Waals surface area contributed by atoms with Gasteiger partial charge in [0, 0.05) is 36.9 Å². The molecule has 0 radical (unpaired) electrons. The summed E-state index contributed by atoms with van der Waals surface area (Å²) in [6.45, 7) is -0.388. The van der Waals surface area contributed by atoms with Crippen LogP contribution in [0.4, 0.5) is 5.69 Å². The largest absolute Gasteiger partial charge is 0.332 e. The lowest BCUT2D eigenvalue weighted by atomic mass is 10.2. The molecule has 28 heavy (non-hydrogen) atoms. The molecule has 1 N–H and O–H groups in total. The molecule has 10 heteroatoms. The summed E-state index contributed by atoms with van der Waals surface area (Å²) >= 11 is 1.52. The molecule has 1 amide bonds. The highest BCUT2D eigenvalue weighted by Gasteiger charge is 2.17. The summed E-state index contributed by atoms with van der Waals surface area (Å²) in [6, 6.07) is 7.20. The van der Waals surface area contributed by atoms with Crippen LogP contribution in [0, 0.1) is 0 Å². The number of rotatable bonds is 4. The van der Waals surface area contributed by atoms with Gasteiger partial charge in [-0.05, 0) is 24.3 Å². The molecular weight excluding hydrogens is 380 g/mol. The van der Waals surface area contributed by atoms with Crippen LogP contribution < -0.4 is 16.6 Å². The number of imidazole rings is 1. The van der Waals surface area contributed by atoms with Gasteiger partial charge in [-0.15, -0.1) is 11.3 Å². The highest BCUT2D eigenvalue weighted by Crippen LogP contribution is 2.23. The van der Waals surface area contributed by atoms with E-state index in [0.717, 1.165) is 15.1 Å². The molecule has 142 valence electrons. The summed E-state index contributed by atoms with van der Waals surface area (Å²) in [5.41, 5.74) is 0.920. The predicted molar refractivity (Wildman–Crippen MR) is 106 cm³/mol. The molecule has 0 bridgehead atoms. The molecule has 4 aromatic rings. The third-order valence-electron chi connectivity index (χ3n) is 4.35. The van der Waals surface area contributed by atoms with Crippen LogP contribution in [-0.2, 0) is 25.4 Å². The number of carbonyl (C=O) groups is 1. The average molecular weight is 396 g/mol. The summed E-state index contributed by atoms with van der Waals surface area (Å²) < 4.78 is 3.69. The molecule has 0 saturated heterocycles. The summed E-state index contributed by atoms with van der Waals surface area (Å²) in [5, 5.41) is 5.48. The second-order valence-electron chi connectivity index (χ2n) is 6.22. The van der Waals surface area contributed by atoms with E-state index >= 15 is 0 Å². The van der Waals surface area contributed by atoms with Gasteiger partial charge in [0.2, 0.25) is 5.91 Å². The van der Waals surface area contributed by atoms with Gasteiger partial charge in [-0.3, -0.25) is 14.2 Å². The normalized spacial score (nSPS) is 11.1. The fraction of sp³-hybridized carbons (Fsp3) is 0.167. The zero-order valence-electron chi connectivity index (χ0n) is 15.1. The zero-order valence-corrected chi connectivity index (χ0v) is 15.9. The van der Waals surface area contributed by atoms with Gasteiger partial charge < -0.3 is 9.88 Å². The number of carbonyl (C=O) groups excluding carboxylic acids is 1. The Labute approximate surface area is 162 Å². The highest BCUT2D eigenvalue weighted by molar-refractivity contribution is 7.13. The lowest BCUT2D eigenvalue weighted by Crippen LogP contribution is -2.42. The van der Waals surface area contributed by atoms with Crippen LogP contribution in [0.5, 0.6) is 0 Å². The van der Waals surface area contributed by atoms with Crippen molar-refractivity contribution in [1.82, 2.24) is 23.7 Å². The fourth-order valence-electron chi connectivity index (χ4n) is 2.94. The van der Waals surface area contributed by atoms with Gasteiger partial charge in [0.1, 0.15) is 11.6 Å². The minimum absolute atomic E-state index is 0.266. The van der Waals surface area contributed by atoms with Crippen molar-refractivity contribution in [3.8, 4) is 10.6 Å². The number of aromatic nitrogens is 5. The first kappa shape index (κ1) is 17.9. The van der Waals surface area contributed by atoms with Crippen molar-refractivity contribution >= 4 is 34.1 Å². The number of hydrogen-bond donors (Lipinski definition) is 1. The smallest absolute Gasteiger partial charge is 0.328 e. The molecule has 3 aromatic heterocycles. The molecule has 0 aliphatic carbocycles. The Bertz CT molecular complexity index is 1280. The summed E-state index contributed by atoms with van der Waals surface area (Å²) in [6.07, 6.45) is 3.19. The van der Waals surface area contributed by atoms with Gasteiger partial charge in [-0.2, -0.15) is 0 Å². The van der Waals surface area contributed by atoms with Crippen molar-refractivity contribution < 1.29 is 4.79 Å². The number of hydrogen-bond acceptors (Lipinski definition) is 6. The second-order valence-corrected chi connectivity index (χ2v) is 7.12. The van der Waals surface area contributed by atoms with Crippen molar-refractivity contribution in [3.63, 3.8) is 0 Å². The lowest BCUT2D eigenvalue weighted by Gasteiger charge is -2.09. The van der Waals surface area contributed by atoms with Crippen molar-refractivity contribution in [3.05, 3.63) is 63.0 Å². The number of aryl methyl sites for hydroxylation is 2. The van der Waals surface area contributed by atoms with Gasteiger partial charge in [0.05, 0.1) is 6.33 Å². The van der Waals surface area contributed by atoms with E-state index in [1.165, 1.54) is 33.8 Å². The number of benzene rings is 1. The molecule has 0 spiro atoms. The molecule has 9 nitrogen and oxygen atoms in total. The maximum atomic E-state index is 12.7. The van der Waals surface area contributed by atoms with Gasteiger partial charge >= 0.3 is 5.69 Å². The van der Waals surface area contributed by atoms with Gasteiger partial charge in [0.25, 0.3) is 5.56 Å². The van der Waals surface area contributed by atoms with Crippen LogP contribution in [0.2, 0.25) is 0 Å². The molecule has 1 aromatic carbocycles. The Balaban J connectivity index is 1.58. The second kappa shape index (κ2) is 6.89. The molecule has 4 rings (SSSR count). The molecule has 0 unspecified atom stereocenters. The minimum atomic E-state index is -0.592. The summed E-state index contributed by atoms with van der Waals surface area (Å²) in [7, 11) is 3.18. The number of thiazole rings is 1. The quantitative estimate of drug-likeness (QED) is 0.558. The minimum Gasteiger partial charge on any atom is -0.328 e. The van der Waals surface area contributed by atoms with E-state index in [2.05, 4.69) is 15.3 Å². The maximum absolute atomic E-state index is 12.7. The standard InChI is InChI=1S/C18H16N6O3S/c1-22-10-20-15-14(22)17(26)24(18(27)23(15)2)9-13(25)21-12-5-3-11(4-6-12)16-19-7-8-28-16/h3-8,10H,9H2,1-2H3,(H,21,25). The van der Waals surface area contributed by atoms with Crippen LogP contribution in [0.1, 0.15) is 0 Å². The number of nitrogens with zero attached hydrogens (tertiary/aromatic N) is 5. The Morgan fingerprint density at radius 1 is 1.14 bits per heavy atom. The van der Waals surface area contributed by atoms with Crippen molar-refractivity contribution in [1.29, 1.82) is 0 Å². The first-order chi connectivity index (χ1) is 13.5. The number of fused-ring (bicyclic) bond motifs is 1. The summed E-state index contributed by atoms with van der Waals surface area (Å²) in [5.74, 6) is -0.470. The molecule has 0 fully saturated rings. The fourth-order valence-corrected chi connectivity index (χ4v) is 3.59. The van der Waals surface area contributed by atoms with Gasteiger partial charge in [-0.1, -0.05) is 0 Å². The maximum Gasteiger partial charge on any atom is 0.332 e. The van der Waals surface area contributed by atoms with Crippen LogP contribution >= 0.6 is 11.3 Å². The zero-order chi connectivity index (χ0) is 19.8. The van der Waals surface area contributed by atoms with Crippen LogP contribution in [0.15, 0.2) is 51.8 Å². The Morgan fingerprint density at radius 2 is 1.89 bits per heavy atom. The SMILES string of the molecule is Cn1cnc2c1c(=O)n(CC(=O)Nc1ccc(-c3nccs3)cc1)c(=O)n2C.